The second-order valence-electron chi connectivity index (χ2n) is 9.13. The largest absolute Gasteiger partial charge is 0.251 e. The Kier molecular flexibility index (Phi) is 4.14. The van der Waals surface area contributed by atoms with Gasteiger partial charge in [0.2, 0.25) is 0 Å². The van der Waals surface area contributed by atoms with Crippen LogP contribution < -0.4 is 0 Å². The fourth-order valence-electron chi connectivity index (χ4n) is 5.07. The van der Waals surface area contributed by atoms with Crippen molar-refractivity contribution in [2.75, 3.05) is 0 Å². The van der Waals surface area contributed by atoms with Gasteiger partial charge in [-0.25, -0.2) is 0 Å². The molecule has 0 aromatic heterocycles. The second kappa shape index (κ2) is 6.15. The first-order chi connectivity index (χ1) is 12.8. The summed E-state index contributed by atoms with van der Waals surface area (Å²) < 4.78 is 0. The minimum absolute atomic E-state index is 0.0787. The van der Waals surface area contributed by atoms with E-state index in [1.54, 1.807) is 0 Å². The maximum absolute atomic E-state index is 5.27. The Morgan fingerprint density at radius 2 is 1.44 bits per heavy atom. The normalized spacial score (nSPS) is 29.0. The zero-order chi connectivity index (χ0) is 19.4. The highest BCUT2D eigenvalue weighted by atomic mass is 14.9. The van der Waals surface area contributed by atoms with Crippen LogP contribution in [-0.4, -0.2) is 11.4 Å². The smallest absolute Gasteiger partial charge is 0.0693 e. The first kappa shape index (κ1) is 18.2. The molecule has 2 saturated carbocycles. The van der Waals surface area contributed by atoms with Crippen molar-refractivity contribution in [3.8, 4) is 0 Å². The average Bonchev–Trinajstić information content (AvgIpc) is 2.93. The van der Waals surface area contributed by atoms with Gasteiger partial charge in [0.1, 0.15) is 0 Å². The SMILES string of the molecule is Cc1ccccc1N=C1C(=Nc2c(C)cccc2C)[C@H]2CC[C@]1(C)C2(C)C. The van der Waals surface area contributed by atoms with Crippen LogP contribution in [0.2, 0.25) is 0 Å². The van der Waals surface area contributed by atoms with E-state index in [1.807, 2.05) is 0 Å². The number of hydrogen-bond donors (Lipinski definition) is 0. The predicted molar refractivity (Wildman–Crippen MR) is 116 cm³/mol. The summed E-state index contributed by atoms with van der Waals surface area (Å²) in [6, 6.07) is 14.9. The number of hydrogen-bond acceptors (Lipinski definition) is 2. The summed E-state index contributed by atoms with van der Waals surface area (Å²) in [6.45, 7) is 13.7. The lowest BCUT2D eigenvalue weighted by atomic mass is 9.70. The number of benzene rings is 2. The molecular weight excluding hydrogens is 328 g/mol. The molecule has 2 aromatic carbocycles. The number of nitrogens with zero attached hydrogens (tertiary/aromatic N) is 2. The van der Waals surface area contributed by atoms with E-state index in [1.165, 1.54) is 41.0 Å². The third-order valence-corrected chi connectivity index (χ3v) is 7.34. The van der Waals surface area contributed by atoms with Gasteiger partial charge in [0.15, 0.2) is 0 Å². The number of aliphatic imine (C=N–C) groups is 2. The molecule has 2 bridgehead atoms. The molecule has 0 unspecified atom stereocenters. The summed E-state index contributed by atoms with van der Waals surface area (Å²) in [5.74, 6) is 0.476. The number of fused-ring (bicyclic) bond motifs is 2. The Hall–Kier alpha value is -2.22. The van der Waals surface area contributed by atoms with Gasteiger partial charge in [-0.05, 0) is 61.8 Å². The number of aryl methyl sites for hydroxylation is 3. The summed E-state index contributed by atoms with van der Waals surface area (Å²) in [5.41, 5.74) is 8.59. The van der Waals surface area contributed by atoms with Crippen molar-refractivity contribution >= 4 is 22.8 Å². The molecule has 0 N–H and O–H groups in total. The highest BCUT2D eigenvalue weighted by Gasteiger charge is 2.63. The molecule has 2 atom stereocenters. The van der Waals surface area contributed by atoms with E-state index in [0.717, 1.165) is 11.4 Å². The second-order valence-corrected chi connectivity index (χ2v) is 9.13. The van der Waals surface area contributed by atoms with Gasteiger partial charge in [0.05, 0.1) is 22.8 Å². The van der Waals surface area contributed by atoms with Crippen molar-refractivity contribution in [1.29, 1.82) is 0 Å². The quantitative estimate of drug-likeness (QED) is 0.557. The number of rotatable bonds is 2. The highest BCUT2D eigenvalue weighted by Crippen LogP contribution is 2.63. The topological polar surface area (TPSA) is 24.7 Å². The fraction of sp³-hybridized carbons (Fsp3) is 0.440. The molecule has 2 heteroatoms. The highest BCUT2D eigenvalue weighted by molar-refractivity contribution is 6.48. The lowest BCUT2D eigenvalue weighted by Gasteiger charge is -2.33. The van der Waals surface area contributed by atoms with Gasteiger partial charge in [-0.15, -0.1) is 0 Å². The summed E-state index contributed by atoms with van der Waals surface area (Å²) in [6.07, 6.45) is 2.40. The van der Waals surface area contributed by atoms with E-state index in [2.05, 4.69) is 84.0 Å². The summed E-state index contributed by atoms with van der Waals surface area (Å²) in [7, 11) is 0. The van der Waals surface area contributed by atoms with Gasteiger partial charge >= 0.3 is 0 Å². The molecule has 2 aliphatic rings. The van der Waals surface area contributed by atoms with Crippen LogP contribution in [0.1, 0.15) is 50.3 Å². The third kappa shape index (κ3) is 2.61. The lowest BCUT2D eigenvalue weighted by Crippen LogP contribution is -2.33. The minimum atomic E-state index is 0.0787. The van der Waals surface area contributed by atoms with Crippen LogP contribution in [0.3, 0.4) is 0 Å². The van der Waals surface area contributed by atoms with E-state index >= 15 is 0 Å². The van der Waals surface area contributed by atoms with Gasteiger partial charge in [-0.3, -0.25) is 9.98 Å². The molecule has 0 aliphatic heterocycles. The maximum Gasteiger partial charge on any atom is 0.0693 e. The fourth-order valence-corrected chi connectivity index (χ4v) is 5.07. The molecule has 0 heterocycles. The zero-order valence-electron chi connectivity index (χ0n) is 17.4. The van der Waals surface area contributed by atoms with Crippen molar-refractivity contribution in [3.05, 3.63) is 59.2 Å². The maximum atomic E-state index is 5.27. The molecule has 2 nitrogen and oxygen atoms in total. The van der Waals surface area contributed by atoms with Gasteiger partial charge in [-0.1, -0.05) is 57.2 Å². The minimum Gasteiger partial charge on any atom is -0.251 e. The standard InChI is InChI=1S/C25H30N2/c1-16-10-7-8-13-20(16)26-23-22(19-14-15-25(23,6)24(19,4)5)27-21-17(2)11-9-12-18(21)3/h7-13,19H,14-15H2,1-6H3/t19-,25+/m1/s1. The van der Waals surface area contributed by atoms with Crippen molar-refractivity contribution < 1.29 is 0 Å². The summed E-state index contributed by atoms with van der Waals surface area (Å²) >= 11 is 0. The van der Waals surface area contributed by atoms with E-state index in [-0.39, 0.29) is 10.8 Å². The average molecular weight is 359 g/mol. The molecule has 0 spiro atoms. The Bertz CT molecular complexity index is 944. The zero-order valence-corrected chi connectivity index (χ0v) is 17.4. The van der Waals surface area contributed by atoms with Gasteiger partial charge in [0, 0.05) is 11.3 Å². The van der Waals surface area contributed by atoms with Gasteiger partial charge in [0.25, 0.3) is 0 Å². The van der Waals surface area contributed by atoms with Crippen molar-refractivity contribution in [1.82, 2.24) is 0 Å². The Balaban J connectivity index is 1.94. The van der Waals surface area contributed by atoms with Crippen LogP contribution in [0.4, 0.5) is 11.4 Å². The van der Waals surface area contributed by atoms with Crippen molar-refractivity contribution in [2.24, 2.45) is 26.7 Å². The van der Waals surface area contributed by atoms with E-state index in [9.17, 15) is 0 Å². The van der Waals surface area contributed by atoms with Gasteiger partial charge in [-0.2, -0.15) is 0 Å². The Labute approximate surface area is 163 Å². The molecule has 0 amide bonds. The van der Waals surface area contributed by atoms with E-state index < -0.39 is 0 Å². The molecule has 140 valence electrons. The first-order valence-corrected chi connectivity index (χ1v) is 10.1. The van der Waals surface area contributed by atoms with E-state index in [0.29, 0.717) is 5.92 Å². The van der Waals surface area contributed by atoms with E-state index in [4.69, 9.17) is 9.98 Å². The van der Waals surface area contributed by atoms with Crippen LogP contribution in [-0.2, 0) is 0 Å². The Morgan fingerprint density at radius 1 is 0.815 bits per heavy atom. The molecule has 0 saturated heterocycles. The molecule has 2 fully saturated rings. The molecule has 4 rings (SSSR count). The van der Waals surface area contributed by atoms with Crippen LogP contribution in [0, 0.1) is 37.5 Å². The van der Waals surface area contributed by atoms with Crippen LogP contribution in [0.25, 0.3) is 0 Å². The van der Waals surface area contributed by atoms with Crippen LogP contribution >= 0.6 is 0 Å². The van der Waals surface area contributed by atoms with Crippen LogP contribution in [0.15, 0.2) is 52.4 Å². The Morgan fingerprint density at radius 3 is 2.11 bits per heavy atom. The molecule has 2 aliphatic carbocycles. The third-order valence-electron chi connectivity index (χ3n) is 7.34. The molecule has 2 aromatic rings. The molecule has 0 radical (unpaired) electrons. The summed E-state index contributed by atoms with van der Waals surface area (Å²) in [5, 5.41) is 0. The molecular formula is C25H30N2. The van der Waals surface area contributed by atoms with Crippen molar-refractivity contribution in [2.45, 2.75) is 54.4 Å². The van der Waals surface area contributed by atoms with Crippen molar-refractivity contribution in [3.63, 3.8) is 0 Å². The van der Waals surface area contributed by atoms with Gasteiger partial charge < -0.3 is 0 Å². The predicted octanol–water partition coefficient (Wildman–Crippen LogP) is 6.91. The monoisotopic (exact) mass is 358 g/mol. The molecule has 27 heavy (non-hydrogen) atoms. The first-order valence-electron chi connectivity index (χ1n) is 10.1. The van der Waals surface area contributed by atoms with Crippen LogP contribution in [0.5, 0.6) is 0 Å². The number of para-hydroxylation sites is 2. The summed E-state index contributed by atoms with van der Waals surface area (Å²) in [4.78, 5) is 10.5. The lowest BCUT2D eigenvalue weighted by molar-refractivity contribution is 0.208.